The Hall–Kier alpha value is -3.04. The molecule has 0 radical (unpaired) electrons. The van der Waals surface area contributed by atoms with E-state index in [1.807, 2.05) is 13.3 Å². The summed E-state index contributed by atoms with van der Waals surface area (Å²) in [5, 5.41) is 0. The van der Waals surface area contributed by atoms with Crippen molar-refractivity contribution >= 4 is 50.6 Å². The number of aryl methyl sites for hydroxylation is 4. The average molecular weight is 769 g/mol. The Morgan fingerprint density at radius 1 is 0.545 bits per heavy atom. The minimum atomic E-state index is 0. The maximum Gasteiger partial charge on any atom is 2.00 e. The minimum Gasteiger partial charge on any atom is -0.657 e. The minimum absolute atomic E-state index is 0. The molecule has 3 aromatic heterocycles. The van der Waals surface area contributed by atoms with Gasteiger partial charge in [-0.3, -0.25) is 4.99 Å². The van der Waals surface area contributed by atoms with Crippen LogP contribution in [0.25, 0.3) is 44.4 Å². The topological polar surface area (TPSA) is 66.3 Å². The summed E-state index contributed by atoms with van der Waals surface area (Å²) >= 11 is 0. The molecule has 0 aromatic carbocycles. The fourth-order valence-electron chi connectivity index (χ4n) is 7.30. The third-order valence-corrected chi connectivity index (χ3v) is 9.25. The second-order valence-electron chi connectivity index (χ2n) is 11.3. The number of nitrogens with zero attached hydrogens (tertiary/aromatic N) is 5. The predicted octanol–water partition coefficient (Wildman–Crippen LogP) is 9.33. The molecule has 5 rings (SSSR count). The molecule has 0 saturated heterocycles. The Kier molecular flexibility index (Phi) is 11.1. The van der Waals surface area contributed by atoms with Crippen LogP contribution < -0.4 is 9.97 Å². The van der Waals surface area contributed by atoms with Gasteiger partial charge in [-0.25, -0.2) is 9.97 Å². The molecule has 3 aromatic rings. The molecule has 2 aliphatic rings. The summed E-state index contributed by atoms with van der Waals surface area (Å²) in [5.74, 6) is 0. The van der Waals surface area contributed by atoms with Crippen LogP contribution in [0.3, 0.4) is 0 Å². The molecule has 0 spiro atoms. The van der Waals surface area contributed by atoms with Crippen LogP contribution in [0.1, 0.15) is 132 Å². The van der Waals surface area contributed by atoms with E-state index in [0.29, 0.717) is 0 Å². The third-order valence-electron chi connectivity index (χ3n) is 9.25. The Bertz CT molecular complexity index is 1810. The summed E-state index contributed by atoms with van der Waals surface area (Å²) in [6.45, 7) is 17.9. The monoisotopic (exact) mass is 768 g/mol. The van der Waals surface area contributed by atoms with Gasteiger partial charge < -0.3 is 9.97 Å². The van der Waals surface area contributed by atoms with E-state index in [1.54, 1.807) is 0 Å². The molecule has 0 aliphatic carbocycles. The summed E-state index contributed by atoms with van der Waals surface area (Å²) in [7, 11) is 1.84. The van der Waals surface area contributed by atoms with Crippen LogP contribution in [0.2, 0.25) is 0 Å². The van der Waals surface area contributed by atoms with Crippen LogP contribution in [0.5, 0.6) is 0 Å². The molecular weight excluding hydrogens is 722 g/mol. The molecular formula is C38H47N5Pt. The number of fused-ring (bicyclic) bond motifs is 8. The molecule has 8 bridgehead atoms. The summed E-state index contributed by atoms with van der Waals surface area (Å²) in [6.07, 6.45) is 9.32. The summed E-state index contributed by atoms with van der Waals surface area (Å²) in [6, 6.07) is 6.72. The van der Waals surface area contributed by atoms with E-state index in [-0.39, 0.29) is 21.1 Å². The van der Waals surface area contributed by atoms with Gasteiger partial charge in [-0.05, 0) is 73.7 Å². The predicted molar refractivity (Wildman–Crippen MR) is 185 cm³/mol. The Morgan fingerprint density at radius 2 is 0.955 bits per heavy atom. The number of hydrogen-bond acceptors (Lipinski definition) is 3. The number of hydrogen-bond donors (Lipinski definition) is 0. The van der Waals surface area contributed by atoms with Gasteiger partial charge in [0.25, 0.3) is 0 Å². The van der Waals surface area contributed by atoms with E-state index < -0.39 is 0 Å². The van der Waals surface area contributed by atoms with Gasteiger partial charge in [-0.1, -0.05) is 95.8 Å². The van der Waals surface area contributed by atoms with Crippen molar-refractivity contribution in [3.8, 4) is 0 Å². The molecule has 6 heteroatoms. The maximum absolute atomic E-state index is 5.38. The van der Waals surface area contributed by atoms with Crippen LogP contribution >= 0.6 is 0 Å². The first kappa shape index (κ1) is 33.8. The molecule has 0 amide bonds. The van der Waals surface area contributed by atoms with Crippen molar-refractivity contribution in [3.63, 3.8) is 0 Å². The smallest absolute Gasteiger partial charge is 0.657 e. The first-order valence-electron chi connectivity index (χ1n) is 16.5. The fourth-order valence-corrected chi connectivity index (χ4v) is 7.30. The van der Waals surface area contributed by atoms with E-state index in [1.165, 1.54) is 44.5 Å². The molecule has 0 fully saturated rings. The van der Waals surface area contributed by atoms with Gasteiger partial charge in [0.1, 0.15) is 0 Å². The van der Waals surface area contributed by atoms with Crippen LogP contribution in [-0.2, 0) is 46.7 Å². The van der Waals surface area contributed by atoms with Gasteiger partial charge in [-0.2, -0.15) is 0 Å². The molecule has 0 unspecified atom stereocenters. The SMILES string of the molecule is CCC1=C(CC)c2cc3[n-]c(c(C=NC)c4nc(cc5[n-]c(cc1n2)c(CC)c5CC)C(CC)=C4CC)c(CC)c3CC.[Pt+2]. The molecule has 44 heavy (non-hydrogen) atoms. The zero-order valence-corrected chi connectivity index (χ0v) is 30.3. The van der Waals surface area contributed by atoms with Crippen molar-refractivity contribution < 1.29 is 21.1 Å². The quantitative estimate of drug-likeness (QED) is 0.204. The summed E-state index contributed by atoms with van der Waals surface area (Å²) in [4.78, 5) is 25.9. The van der Waals surface area contributed by atoms with Crippen LogP contribution in [0.4, 0.5) is 0 Å². The van der Waals surface area contributed by atoms with Crippen molar-refractivity contribution in [1.29, 1.82) is 0 Å². The number of rotatable bonds is 9. The van der Waals surface area contributed by atoms with E-state index in [0.717, 1.165) is 102 Å². The van der Waals surface area contributed by atoms with Gasteiger partial charge in [0, 0.05) is 18.8 Å². The van der Waals surface area contributed by atoms with E-state index in [4.69, 9.17) is 19.9 Å². The number of aliphatic imine (C=N–C) groups is 1. The molecule has 0 N–H and O–H groups in total. The van der Waals surface area contributed by atoms with Crippen molar-refractivity contribution in [2.45, 2.75) is 107 Å². The molecule has 5 nitrogen and oxygen atoms in total. The Morgan fingerprint density at radius 3 is 1.39 bits per heavy atom. The van der Waals surface area contributed by atoms with E-state index in [2.05, 4.69) is 78.6 Å². The van der Waals surface area contributed by atoms with Crippen molar-refractivity contribution in [1.82, 2.24) is 19.9 Å². The van der Waals surface area contributed by atoms with Gasteiger partial charge in [0.2, 0.25) is 0 Å². The van der Waals surface area contributed by atoms with Gasteiger partial charge in [0.15, 0.2) is 0 Å². The van der Waals surface area contributed by atoms with Crippen molar-refractivity contribution in [3.05, 3.63) is 68.8 Å². The Balaban J connectivity index is 0.00000442. The number of allylic oxidation sites excluding steroid dienone is 4. The second-order valence-corrected chi connectivity index (χ2v) is 11.3. The fraction of sp³-hybridized carbons (Fsp3) is 0.447. The zero-order chi connectivity index (χ0) is 30.8. The van der Waals surface area contributed by atoms with Gasteiger partial charge >= 0.3 is 21.1 Å². The summed E-state index contributed by atoms with van der Waals surface area (Å²) in [5.41, 5.74) is 19.7. The zero-order valence-electron chi connectivity index (χ0n) is 28.0. The first-order chi connectivity index (χ1) is 20.9. The molecule has 0 saturated carbocycles. The largest absolute Gasteiger partial charge is 2.00 e. The second kappa shape index (κ2) is 14.4. The standard InChI is InChI=1S/C38H47N5.Pt/c1-10-22-24(12-3)33-19-35-26(14-5)28(16-7)37(42-35)30(21-39-9)38-29(17-8)27(15-6)36(43-38)20-34-25(13-4)23(11-2)32(41-34)18-31(22)40-33;/h18-21H,10-17H2,1-9H3;/q-2;+2. The third kappa shape index (κ3) is 5.62. The van der Waals surface area contributed by atoms with E-state index in [9.17, 15) is 0 Å². The molecule has 5 heterocycles. The Labute approximate surface area is 278 Å². The number of aromatic nitrogens is 4. The van der Waals surface area contributed by atoms with Crippen molar-refractivity contribution in [2.24, 2.45) is 4.99 Å². The average Bonchev–Trinajstić information content (AvgIpc) is 3.74. The maximum atomic E-state index is 5.38. The molecule has 234 valence electrons. The normalized spacial score (nSPS) is 13.4. The van der Waals surface area contributed by atoms with Gasteiger partial charge in [-0.15, -0.1) is 22.1 Å². The van der Waals surface area contributed by atoms with E-state index >= 15 is 0 Å². The first-order valence-corrected chi connectivity index (χ1v) is 16.5. The van der Waals surface area contributed by atoms with Gasteiger partial charge in [0.05, 0.1) is 22.8 Å². The molecule has 2 aliphatic heterocycles. The molecule has 0 atom stereocenters. The summed E-state index contributed by atoms with van der Waals surface area (Å²) < 4.78 is 0. The van der Waals surface area contributed by atoms with Crippen LogP contribution in [-0.4, -0.2) is 23.2 Å². The van der Waals surface area contributed by atoms with Crippen molar-refractivity contribution in [2.75, 3.05) is 7.05 Å². The van der Waals surface area contributed by atoms with Crippen LogP contribution in [0.15, 0.2) is 23.2 Å². The van der Waals surface area contributed by atoms with Crippen LogP contribution in [0, 0.1) is 0 Å².